The van der Waals surface area contributed by atoms with E-state index in [1.165, 1.54) is 96.6 Å². The highest BCUT2D eigenvalue weighted by Gasteiger charge is 2.22. The monoisotopic (exact) mass is 779 g/mol. The molecule has 0 atom stereocenters. The van der Waals surface area contributed by atoms with E-state index in [0.29, 0.717) is 0 Å². The molecule has 0 spiro atoms. The third kappa shape index (κ3) is 5.68. The summed E-state index contributed by atoms with van der Waals surface area (Å²) in [4.78, 5) is 2.51. The Bertz CT molecular complexity index is 3600. The lowest BCUT2D eigenvalue weighted by molar-refractivity contribution is 1.30. The van der Waals surface area contributed by atoms with E-state index in [1.54, 1.807) is 0 Å². The number of fused-ring (bicyclic) bond motifs is 9. The van der Waals surface area contributed by atoms with Crippen LogP contribution in [0.25, 0.3) is 96.6 Å². The molecule has 0 fully saturated rings. The summed E-state index contributed by atoms with van der Waals surface area (Å²) in [5, 5.41) is 12.6. The quantitative estimate of drug-likeness (QED) is 0.152. The maximum atomic E-state index is 2.51. The Morgan fingerprint density at radius 3 is 1.72 bits per heavy atom. The van der Waals surface area contributed by atoms with Gasteiger partial charge in [-0.1, -0.05) is 182 Å². The molecule has 280 valence electrons. The molecule has 0 bridgehead atoms. The molecule has 0 amide bonds. The second-order valence-corrected chi connectivity index (χ2v) is 16.7. The second-order valence-electron chi connectivity index (χ2n) is 15.6. The summed E-state index contributed by atoms with van der Waals surface area (Å²) in [6, 6.07) is 82.7. The van der Waals surface area contributed by atoms with Crippen LogP contribution < -0.4 is 4.90 Å². The number of thiophene rings is 1. The number of anilines is 3. The van der Waals surface area contributed by atoms with Gasteiger partial charge in [0.25, 0.3) is 0 Å². The highest BCUT2D eigenvalue weighted by Crippen LogP contribution is 2.48. The van der Waals surface area contributed by atoms with Gasteiger partial charge in [-0.15, -0.1) is 11.3 Å². The van der Waals surface area contributed by atoms with Gasteiger partial charge in [-0.05, 0) is 108 Å². The number of benzene rings is 11. The molecule has 0 aliphatic heterocycles. The van der Waals surface area contributed by atoms with Crippen molar-refractivity contribution in [3.63, 3.8) is 0 Å². The lowest BCUT2D eigenvalue weighted by atomic mass is 9.91. The van der Waals surface area contributed by atoms with Crippen molar-refractivity contribution in [1.29, 1.82) is 0 Å². The van der Waals surface area contributed by atoms with Crippen LogP contribution in [0.3, 0.4) is 0 Å². The molecule has 1 heterocycles. The Balaban J connectivity index is 1.13. The largest absolute Gasteiger partial charge is 0.309 e. The van der Waals surface area contributed by atoms with Gasteiger partial charge in [0.05, 0.1) is 11.4 Å². The van der Waals surface area contributed by atoms with Crippen molar-refractivity contribution < 1.29 is 0 Å². The molecule has 0 unspecified atom stereocenters. The van der Waals surface area contributed by atoms with Crippen LogP contribution in [0.1, 0.15) is 0 Å². The molecule has 11 aromatic carbocycles. The van der Waals surface area contributed by atoms with E-state index in [-0.39, 0.29) is 0 Å². The van der Waals surface area contributed by atoms with Crippen molar-refractivity contribution in [2.75, 3.05) is 4.90 Å². The maximum Gasteiger partial charge on any atom is 0.0546 e. The molecule has 0 radical (unpaired) electrons. The number of rotatable bonds is 6. The molecule has 0 N–H and O–H groups in total. The average Bonchev–Trinajstić information content (AvgIpc) is 3.70. The Morgan fingerprint density at radius 2 is 0.900 bits per heavy atom. The molecule has 60 heavy (non-hydrogen) atoms. The van der Waals surface area contributed by atoms with E-state index in [4.69, 9.17) is 0 Å². The summed E-state index contributed by atoms with van der Waals surface area (Å²) in [5.74, 6) is 0. The predicted molar refractivity (Wildman–Crippen MR) is 260 cm³/mol. The first kappa shape index (κ1) is 34.5. The van der Waals surface area contributed by atoms with Gasteiger partial charge < -0.3 is 4.90 Å². The smallest absolute Gasteiger partial charge is 0.0546 e. The number of hydrogen-bond acceptors (Lipinski definition) is 2. The summed E-state index contributed by atoms with van der Waals surface area (Å²) < 4.78 is 2.62. The summed E-state index contributed by atoms with van der Waals surface area (Å²) in [6.07, 6.45) is 0. The fourth-order valence-electron chi connectivity index (χ4n) is 9.35. The van der Waals surface area contributed by atoms with Crippen molar-refractivity contribution in [3.05, 3.63) is 224 Å². The molecule has 12 rings (SSSR count). The van der Waals surface area contributed by atoms with Crippen molar-refractivity contribution in [3.8, 4) is 33.4 Å². The van der Waals surface area contributed by atoms with E-state index >= 15 is 0 Å². The molecule has 0 aliphatic rings. The van der Waals surface area contributed by atoms with Gasteiger partial charge in [0.1, 0.15) is 0 Å². The maximum absolute atomic E-state index is 2.51. The predicted octanol–water partition coefficient (Wildman–Crippen LogP) is 17.1. The minimum absolute atomic E-state index is 1.12. The average molecular weight is 780 g/mol. The molecule has 0 saturated heterocycles. The van der Waals surface area contributed by atoms with Crippen LogP contribution in [0.2, 0.25) is 0 Å². The van der Waals surface area contributed by atoms with Gasteiger partial charge in [-0.3, -0.25) is 0 Å². The highest BCUT2D eigenvalue weighted by molar-refractivity contribution is 7.26. The standard InChI is InChI=1S/C58H37NS/c1-2-14-38(15-3-1)39-26-28-41(29-27-39)47-20-12-13-25-55(47)59(45-31-33-57-54(37-45)52-32-30-40-16-4-9-22-49(40)58(52)60-57)56-36-44(34-42-17-6-8-21-48(42)56)53-35-43-18-5-7-19-46(43)50-23-10-11-24-51(50)53/h1-37H. The normalized spacial score (nSPS) is 11.7. The highest BCUT2D eigenvalue weighted by atomic mass is 32.1. The molecule has 2 heteroatoms. The topological polar surface area (TPSA) is 3.24 Å². The second kappa shape index (κ2) is 14.1. The minimum atomic E-state index is 1.12. The number of hydrogen-bond donors (Lipinski definition) is 0. The van der Waals surface area contributed by atoms with E-state index in [1.807, 2.05) is 11.3 Å². The molecule has 12 aromatic rings. The lowest BCUT2D eigenvalue weighted by Gasteiger charge is -2.30. The van der Waals surface area contributed by atoms with Crippen molar-refractivity contribution >= 4 is 91.7 Å². The van der Waals surface area contributed by atoms with Crippen LogP contribution in [-0.2, 0) is 0 Å². The third-order valence-electron chi connectivity index (χ3n) is 12.2. The summed E-state index contributed by atoms with van der Waals surface area (Å²) in [5.41, 5.74) is 10.6. The van der Waals surface area contributed by atoms with Crippen LogP contribution in [0.4, 0.5) is 17.1 Å². The van der Waals surface area contributed by atoms with E-state index in [9.17, 15) is 0 Å². The Morgan fingerprint density at radius 1 is 0.283 bits per heavy atom. The summed E-state index contributed by atoms with van der Waals surface area (Å²) in [7, 11) is 0. The van der Waals surface area contributed by atoms with Gasteiger partial charge in [-0.25, -0.2) is 0 Å². The lowest BCUT2D eigenvalue weighted by Crippen LogP contribution is -2.12. The first-order valence-electron chi connectivity index (χ1n) is 20.6. The van der Waals surface area contributed by atoms with E-state index < -0.39 is 0 Å². The molecular formula is C58H37NS. The van der Waals surface area contributed by atoms with Crippen LogP contribution in [0, 0.1) is 0 Å². The summed E-state index contributed by atoms with van der Waals surface area (Å²) in [6.45, 7) is 0. The minimum Gasteiger partial charge on any atom is -0.309 e. The molecular weight excluding hydrogens is 743 g/mol. The van der Waals surface area contributed by atoms with Crippen molar-refractivity contribution in [2.24, 2.45) is 0 Å². The molecule has 1 aromatic heterocycles. The van der Waals surface area contributed by atoms with E-state index in [2.05, 4.69) is 229 Å². The van der Waals surface area contributed by atoms with Crippen molar-refractivity contribution in [1.82, 2.24) is 0 Å². The third-order valence-corrected chi connectivity index (χ3v) is 13.4. The number of para-hydroxylation sites is 1. The van der Waals surface area contributed by atoms with Crippen molar-refractivity contribution in [2.45, 2.75) is 0 Å². The zero-order valence-electron chi connectivity index (χ0n) is 32.7. The molecule has 1 nitrogen and oxygen atoms in total. The van der Waals surface area contributed by atoms with Crippen LogP contribution >= 0.6 is 11.3 Å². The van der Waals surface area contributed by atoms with Gasteiger partial charge in [-0.2, -0.15) is 0 Å². The zero-order valence-corrected chi connectivity index (χ0v) is 33.5. The molecule has 0 saturated carbocycles. The van der Waals surface area contributed by atoms with Crippen LogP contribution in [0.5, 0.6) is 0 Å². The first-order chi connectivity index (χ1) is 29.7. The van der Waals surface area contributed by atoms with Gasteiger partial charge in [0.2, 0.25) is 0 Å². The SMILES string of the molecule is c1ccc(-c2ccc(-c3ccccc3N(c3ccc4sc5c6ccccc6ccc5c4c3)c3cc(-c4cc5ccccc5c5ccccc45)cc4ccccc34)cc2)cc1. The first-order valence-corrected chi connectivity index (χ1v) is 21.4. The van der Waals surface area contributed by atoms with Gasteiger partial charge in [0.15, 0.2) is 0 Å². The fourth-order valence-corrected chi connectivity index (χ4v) is 10.6. The Hall–Kier alpha value is -7.52. The molecule has 0 aliphatic carbocycles. The van der Waals surface area contributed by atoms with Crippen LogP contribution in [0.15, 0.2) is 224 Å². The number of nitrogens with zero attached hydrogens (tertiary/aromatic N) is 1. The fraction of sp³-hybridized carbons (Fsp3) is 0. The Kier molecular flexibility index (Phi) is 8.11. The Labute approximate surface area is 352 Å². The van der Waals surface area contributed by atoms with Gasteiger partial charge >= 0.3 is 0 Å². The van der Waals surface area contributed by atoms with Gasteiger partial charge in [0, 0.05) is 36.8 Å². The van der Waals surface area contributed by atoms with E-state index in [0.717, 1.165) is 17.1 Å². The van der Waals surface area contributed by atoms with Crippen LogP contribution in [-0.4, -0.2) is 0 Å². The zero-order chi connectivity index (χ0) is 39.6. The summed E-state index contributed by atoms with van der Waals surface area (Å²) >= 11 is 1.89.